The quantitative estimate of drug-likeness (QED) is 0.201. The summed E-state index contributed by atoms with van der Waals surface area (Å²) in [6.07, 6.45) is -1.83. The maximum atomic E-state index is 12.9. The highest BCUT2D eigenvalue weighted by Gasteiger charge is 2.44. The summed E-state index contributed by atoms with van der Waals surface area (Å²) in [5, 5.41) is 0. The van der Waals surface area contributed by atoms with Gasteiger partial charge in [0.25, 0.3) is 5.56 Å². The van der Waals surface area contributed by atoms with Gasteiger partial charge >= 0.3 is 13.5 Å². The number of aromatic amines is 1. The number of rotatable bonds is 10. The van der Waals surface area contributed by atoms with Crippen molar-refractivity contribution < 1.29 is 37.5 Å². The first-order valence-electron chi connectivity index (χ1n) is 12.0. The van der Waals surface area contributed by atoms with Crippen LogP contribution in [0.2, 0.25) is 0 Å². The van der Waals surface area contributed by atoms with Crippen LogP contribution in [0.4, 0.5) is 11.9 Å². The fourth-order valence-electron chi connectivity index (χ4n) is 4.64. The van der Waals surface area contributed by atoms with E-state index >= 15 is 0 Å². The molecule has 0 aliphatic carbocycles. The number of methoxy groups -OCH3 is 2. The summed E-state index contributed by atoms with van der Waals surface area (Å²) in [4.78, 5) is 52.7. The lowest BCUT2D eigenvalue weighted by Gasteiger charge is -2.23. The third-order valence-corrected chi connectivity index (χ3v) is 7.49. The van der Waals surface area contributed by atoms with Crippen LogP contribution in [0.3, 0.4) is 0 Å². The van der Waals surface area contributed by atoms with Gasteiger partial charge in [0.15, 0.2) is 11.2 Å². The fourth-order valence-corrected chi connectivity index (χ4v) is 5.60. The average molecular weight is 585 g/mol. The fraction of sp³-hybridized carbons (Fsp3) is 0.600. The monoisotopic (exact) mass is 585 g/mol. The number of nitrogen functional groups attached to an aromatic ring is 2. The summed E-state index contributed by atoms with van der Waals surface area (Å²) in [7, 11) is -1.79. The molecule has 2 fully saturated rings. The molecule has 3 aromatic heterocycles. The maximum absolute atomic E-state index is 12.9. The van der Waals surface area contributed by atoms with Gasteiger partial charge in [-0.25, -0.2) is 19.3 Å². The van der Waals surface area contributed by atoms with Crippen LogP contribution >= 0.6 is 7.82 Å². The predicted molar refractivity (Wildman–Crippen MR) is 134 cm³/mol. The second-order valence-corrected chi connectivity index (χ2v) is 10.5. The molecular weight excluding hydrogens is 557 g/mol. The Morgan fingerprint density at radius 3 is 2.42 bits per heavy atom. The molecule has 218 valence electrons. The van der Waals surface area contributed by atoms with E-state index in [4.69, 9.17) is 39.5 Å². The summed E-state index contributed by atoms with van der Waals surface area (Å²) in [6.45, 7) is -0.367. The van der Waals surface area contributed by atoms with Crippen molar-refractivity contribution in [1.29, 1.82) is 0 Å². The Kier molecular flexibility index (Phi) is 7.98. The van der Waals surface area contributed by atoms with E-state index in [2.05, 4.69) is 24.9 Å². The third-order valence-electron chi connectivity index (χ3n) is 6.48. The first-order valence-corrected chi connectivity index (χ1v) is 13.5. The van der Waals surface area contributed by atoms with Crippen LogP contribution in [0.25, 0.3) is 11.2 Å². The van der Waals surface area contributed by atoms with Gasteiger partial charge < -0.3 is 35.3 Å². The normalized spacial score (nSPS) is 28.3. The molecule has 40 heavy (non-hydrogen) atoms. The highest BCUT2D eigenvalue weighted by Crippen LogP contribution is 2.49. The molecule has 3 unspecified atom stereocenters. The van der Waals surface area contributed by atoms with Crippen molar-refractivity contribution in [2.24, 2.45) is 0 Å². The molecule has 2 saturated heterocycles. The lowest BCUT2D eigenvalue weighted by atomic mass is 10.2. The molecule has 0 saturated carbocycles. The molecule has 2 aliphatic rings. The molecule has 0 bridgehead atoms. The molecule has 2 aliphatic heterocycles. The highest BCUT2D eigenvalue weighted by molar-refractivity contribution is 7.47. The third kappa shape index (κ3) is 5.77. The standard InChI is InChI=1S/C20H28N9O10P/c1-34-5-11-10(4-14(37-11)29-8-24-18(21)27-20(29)31)39-40(32,33)36-6-12-9(35-2)3-13(38-12)28-7-23-15-16(28)25-19(22)26-17(15)30/h7-14H,3-6H2,1-2H3,(H,32,33)(H2,21,27,31)(H3,22,25,26,30)/t9?,10?,11-,12-,13-,14-/m1/s1. The minimum absolute atomic E-state index is 0.000780. The summed E-state index contributed by atoms with van der Waals surface area (Å²) in [5.41, 5.74) is 10.2. The number of aromatic nitrogens is 7. The van der Waals surface area contributed by atoms with Gasteiger partial charge in [0, 0.05) is 27.1 Å². The van der Waals surface area contributed by atoms with Crippen LogP contribution in [0.5, 0.6) is 0 Å². The molecular formula is C20H28N9O10P. The Bertz CT molecular complexity index is 1530. The van der Waals surface area contributed by atoms with Crippen molar-refractivity contribution in [3.63, 3.8) is 0 Å². The van der Waals surface area contributed by atoms with Gasteiger partial charge in [-0.3, -0.25) is 28.0 Å². The van der Waals surface area contributed by atoms with Crippen LogP contribution in [-0.4, -0.2) is 90.8 Å². The molecule has 3 aromatic rings. The molecule has 6 N–H and O–H groups in total. The zero-order chi connectivity index (χ0) is 28.6. The van der Waals surface area contributed by atoms with Crippen molar-refractivity contribution in [1.82, 2.24) is 34.1 Å². The van der Waals surface area contributed by atoms with Crippen molar-refractivity contribution in [3.05, 3.63) is 33.5 Å². The Morgan fingerprint density at radius 1 is 1.05 bits per heavy atom. The second-order valence-electron chi connectivity index (χ2n) is 9.05. The van der Waals surface area contributed by atoms with Crippen LogP contribution in [0, 0.1) is 0 Å². The zero-order valence-corrected chi connectivity index (χ0v) is 22.2. The number of phosphoric ester groups is 1. The van der Waals surface area contributed by atoms with Gasteiger partial charge in [0.2, 0.25) is 11.9 Å². The minimum atomic E-state index is -4.67. The molecule has 20 heteroatoms. The number of fused-ring (bicyclic) bond motifs is 1. The molecule has 5 rings (SSSR count). The summed E-state index contributed by atoms with van der Waals surface area (Å²) >= 11 is 0. The van der Waals surface area contributed by atoms with Crippen molar-refractivity contribution in [2.45, 2.75) is 49.7 Å². The number of hydrogen-bond acceptors (Lipinski definition) is 15. The van der Waals surface area contributed by atoms with Gasteiger partial charge in [0.05, 0.1) is 25.6 Å². The van der Waals surface area contributed by atoms with E-state index in [0.29, 0.717) is 6.42 Å². The number of hydrogen-bond donors (Lipinski definition) is 4. The van der Waals surface area contributed by atoms with Crippen molar-refractivity contribution >= 4 is 30.9 Å². The number of phosphoric acid groups is 1. The van der Waals surface area contributed by atoms with Crippen LogP contribution < -0.4 is 22.7 Å². The molecule has 0 radical (unpaired) electrons. The minimum Gasteiger partial charge on any atom is -0.382 e. The van der Waals surface area contributed by atoms with E-state index in [-0.39, 0.29) is 42.7 Å². The topological polar surface area (TPSA) is 256 Å². The van der Waals surface area contributed by atoms with E-state index in [1.165, 1.54) is 31.4 Å². The number of ether oxygens (including phenoxy) is 4. The number of H-pyrrole nitrogens is 1. The van der Waals surface area contributed by atoms with Crippen LogP contribution in [0.1, 0.15) is 25.3 Å². The van der Waals surface area contributed by atoms with Crippen LogP contribution in [0.15, 0.2) is 22.2 Å². The number of nitrogens with two attached hydrogens (primary N) is 2. The van der Waals surface area contributed by atoms with Crippen LogP contribution in [-0.2, 0) is 32.6 Å². The Labute approximate surface area is 225 Å². The zero-order valence-electron chi connectivity index (χ0n) is 21.4. The molecule has 0 aromatic carbocycles. The predicted octanol–water partition coefficient (Wildman–Crippen LogP) is -1.33. The van der Waals surface area contributed by atoms with Gasteiger partial charge in [-0.05, 0) is 0 Å². The molecule has 19 nitrogen and oxygen atoms in total. The average Bonchev–Trinajstić information content (AvgIpc) is 3.60. The molecule has 7 atom stereocenters. The lowest BCUT2D eigenvalue weighted by molar-refractivity contribution is -0.0642. The van der Waals surface area contributed by atoms with E-state index in [9.17, 15) is 19.0 Å². The van der Waals surface area contributed by atoms with Crippen molar-refractivity contribution in [2.75, 3.05) is 38.9 Å². The maximum Gasteiger partial charge on any atom is 0.472 e. The van der Waals surface area contributed by atoms with Gasteiger partial charge in [-0.15, -0.1) is 0 Å². The van der Waals surface area contributed by atoms with Crippen molar-refractivity contribution in [3.8, 4) is 0 Å². The number of nitrogens with one attached hydrogen (secondary N) is 1. The summed E-state index contributed by atoms with van der Waals surface area (Å²) in [6, 6.07) is 0. The van der Waals surface area contributed by atoms with E-state index in [0.717, 1.165) is 4.57 Å². The van der Waals surface area contributed by atoms with Gasteiger partial charge in [0.1, 0.15) is 37.1 Å². The Hall–Kier alpha value is -3.29. The largest absolute Gasteiger partial charge is 0.472 e. The molecule has 0 amide bonds. The number of imidazole rings is 1. The number of anilines is 2. The van der Waals surface area contributed by atoms with E-state index in [1.54, 1.807) is 0 Å². The van der Waals surface area contributed by atoms with Gasteiger partial charge in [-0.1, -0.05) is 0 Å². The lowest BCUT2D eigenvalue weighted by Crippen LogP contribution is -2.30. The second kappa shape index (κ2) is 11.3. The highest BCUT2D eigenvalue weighted by atomic mass is 31.2. The van der Waals surface area contributed by atoms with E-state index < -0.39 is 55.9 Å². The number of nitrogens with zero attached hydrogens (tertiary/aromatic N) is 6. The van der Waals surface area contributed by atoms with E-state index in [1.807, 2.05) is 0 Å². The van der Waals surface area contributed by atoms with Gasteiger partial charge in [-0.2, -0.15) is 9.97 Å². The summed E-state index contributed by atoms with van der Waals surface area (Å²) in [5.74, 6) is -0.285. The smallest absolute Gasteiger partial charge is 0.382 e. The molecule has 5 heterocycles. The molecule has 0 spiro atoms. The first-order chi connectivity index (χ1) is 19.1. The Balaban J connectivity index is 1.25. The summed E-state index contributed by atoms with van der Waals surface area (Å²) < 4.78 is 48.6. The first kappa shape index (κ1) is 28.2. The Morgan fingerprint density at radius 2 is 1.73 bits per heavy atom. The SMILES string of the molecule is COC[C@H]1O[C@@H](n2cnc(N)nc2=O)CC1OP(=O)(O)OC[C@H]1O[C@@H](n2cnc3c(=O)[nH]c(N)nc32)CC1OC.